The third kappa shape index (κ3) is 1.90. The van der Waals surface area contributed by atoms with E-state index in [1.165, 1.54) is 3.57 Å². The van der Waals surface area contributed by atoms with Crippen LogP contribution in [0.3, 0.4) is 0 Å². The van der Waals surface area contributed by atoms with E-state index in [0.717, 1.165) is 11.1 Å². The highest BCUT2D eigenvalue weighted by atomic mass is 127. The van der Waals surface area contributed by atoms with Gasteiger partial charge in [0.1, 0.15) is 5.75 Å². The summed E-state index contributed by atoms with van der Waals surface area (Å²) in [6, 6.07) is 15.4. The van der Waals surface area contributed by atoms with Crippen LogP contribution in [0.1, 0.15) is 0 Å². The minimum Gasteiger partial charge on any atom is -0.507 e. The van der Waals surface area contributed by atoms with Gasteiger partial charge in [0.05, 0.1) is 0 Å². The first-order valence-electron chi connectivity index (χ1n) is 4.31. The van der Waals surface area contributed by atoms with Crippen LogP contribution in [0.4, 0.5) is 0 Å². The first kappa shape index (κ1) is 9.52. The van der Waals surface area contributed by atoms with E-state index in [0.29, 0.717) is 5.75 Å². The molecule has 2 rings (SSSR count). The van der Waals surface area contributed by atoms with E-state index in [4.69, 9.17) is 0 Å². The van der Waals surface area contributed by atoms with Gasteiger partial charge in [-0.25, -0.2) is 0 Å². The van der Waals surface area contributed by atoms with Crippen LogP contribution in [0.5, 0.6) is 5.75 Å². The first-order valence-corrected chi connectivity index (χ1v) is 5.39. The summed E-state index contributed by atoms with van der Waals surface area (Å²) >= 11 is 2.26. The van der Waals surface area contributed by atoms with E-state index in [2.05, 4.69) is 28.7 Å². The molecule has 1 nitrogen and oxygen atoms in total. The average molecular weight is 296 g/mol. The van der Waals surface area contributed by atoms with Gasteiger partial charge in [0, 0.05) is 9.13 Å². The van der Waals surface area contributed by atoms with Crippen molar-refractivity contribution in [1.29, 1.82) is 0 Å². The van der Waals surface area contributed by atoms with Crippen LogP contribution in [0.25, 0.3) is 11.1 Å². The van der Waals surface area contributed by atoms with E-state index >= 15 is 0 Å². The number of hydrogen-bond acceptors (Lipinski definition) is 1. The van der Waals surface area contributed by atoms with Gasteiger partial charge in [-0.1, -0.05) is 30.3 Å². The summed E-state index contributed by atoms with van der Waals surface area (Å²) in [7, 11) is 0. The lowest BCUT2D eigenvalue weighted by molar-refractivity contribution is 0.477. The van der Waals surface area contributed by atoms with Crippen molar-refractivity contribution in [3.05, 3.63) is 52.1 Å². The molecular weight excluding hydrogens is 287 g/mol. The van der Waals surface area contributed by atoms with Gasteiger partial charge in [0.25, 0.3) is 0 Å². The summed E-state index contributed by atoms with van der Waals surface area (Å²) in [4.78, 5) is 0. The number of para-hydroxylation sites is 1. The van der Waals surface area contributed by atoms with Gasteiger partial charge in [-0.15, -0.1) is 0 Å². The van der Waals surface area contributed by atoms with E-state index in [1.807, 2.05) is 36.4 Å². The van der Waals surface area contributed by atoms with Crippen molar-refractivity contribution in [2.75, 3.05) is 0 Å². The maximum atomic E-state index is 9.65. The lowest BCUT2D eigenvalue weighted by Crippen LogP contribution is -1.79. The Kier molecular flexibility index (Phi) is 2.72. The van der Waals surface area contributed by atoms with Crippen LogP contribution in [0.2, 0.25) is 0 Å². The molecule has 1 N–H and O–H groups in total. The highest BCUT2D eigenvalue weighted by Crippen LogP contribution is 2.29. The summed E-state index contributed by atoms with van der Waals surface area (Å²) in [5.41, 5.74) is 1.93. The molecule has 0 amide bonds. The third-order valence-electron chi connectivity index (χ3n) is 2.04. The fraction of sp³-hybridized carbons (Fsp3) is 0. The van der Waals surface area contributed by atoms with Crippen molar-refractivity contribution in [3.8, 4) is 16.9 Å². The number of benzene rings is 2. The second-order valence-electron chi connectivity index (χ2n) is 3.03. The number of phenolic OH excluding ortho intramolecular Hbond substituents is 1. The average Bonchev–Trinajstić information content (AvgIpc) is 2.18. The molecule has 0 heterocycles. The molecule has 0 spiro atoms. The molecule has 0 atom stereocenters. The largest absolute Gasteiger partial charge is 0.507 e. The van der Waals surface area contributed by atoms with Gasteiger partial charge in [0.15, 0.2) is 0 Å². The van der Waals surface area contributed by atoms with Crippen LogP contribution in [0.15, 0.2) is 48.5 Å². The molecule has 0 aliphatic rings. The number of halogens is 1. The fourth-order valence-electron chi connectivity index (χ4n) is 1.37. The van der Waals surface area contributed by atoms with Crippen LogP contribution in [0, 0.1) is 3.57 Å². The molecule has 0 radical (unpaired) electrons. The molecule has 0 saturated carbocycles. The first-order chi connectivity index (χ1) is 6.77. The SMILES string of the molecule is Oc1ccccc1-c1cccc(I)c1. The highest BCUT2D eigenvalue weighted by molar-refractivity contribution is 14.1. The maximum absolute atomic E-state index is 9.65. The Morgan fingerprint density at radius 2 is 1.71 bits per heavy atom. The summed E-state index contributed by atoms with van der Waals surface area (Å²) < 4.78 is 1.17. The van der Waals surface area contributed by atoms with Gasteiger partial charge in [-0.3, -0.25) is 0 Å². The zero-order valence-electron chi connectivity index (χ0n) is 7.44. The molecule has 2 heteroatoms. The third-order valence-corrected chi connectivity index (χ3v) is 2.71. The Morgan fingerprint density at radius 3 is 2.43 bits per heavy atom. The molecule has 0 unspecified atom stereocenters. The lowest BCUT2D eigenvalue weighted by atomic mass is 10.1. The van der Waals surface area contributed by atoms with E-state index < -0.39 is 0 Å². The summed E-state index contributed by atoms with van der Waals surface area (Å²) in [5, 5.41) is 9.65. The van der Waals surface area contributed by atoms with Gasteiger partial charge in [-0.2, -0.15) is 0 Å². The molecule has 0 aliphatic carbocycles. The van der Waals surface area contributed by atoms with Crippen molar-refractivity contribution in [1.82, 2.24) is 0 Å². The van der Waals surface area contributed by atoms with E-state index in [-0.39, 0.29) is 0 Å². The van der Waals surface area contributed by atoms with Crippen molar-refractivity contribution in [2.45, 2.75) is 0 Å². The van der Waals surface area contributed by atoms with Crippen LogP contribution in [-0.4, -0.2) is 5.11 Å². The second kappa shape index (κ2) is 4.00. The molecular formula is C12H9IO. The van der Waals surface area contributed by atoms with Crippen LogP contribution in [-0.2, 0) is 0 Å². The molecule has 0 fully saturated rings. The Balaban J connectivity index is 2.55. The molecule has 2 aromatic carbocycles. The molecule has 0 aliphatic heterocycles. The molecule has 70 valence electrons. The Bertz CT molecular complexity index is 452. The quantitative estimate of drug-likeness (QED) is 0.796. The van der Waals surface area contributed by atoms with Crippen molar-refractivity contribution in [2.24, 2.45) is 0 Å². The van der Waals surface area contributed by atoms with Gasteiger partial charge in [0.2, 0.25) is 0 Å². The predicted molar refractivity (Wildman–Crippen MR) is 66.3 cm³/mol. The number of phenols is 1. The van der Waals surface area contributed by atoms with Crippen LogP contribution < -0.4 is 0 Å². The molecule has 0 aromatic heterocycles. The van der Waals surface area contributed by atoms with E-state index in [1.54, 1.807) is 6.07 Å². The zero-order valence-corrected chi connectivity index (χ0v) is 9.60. The number of hydrogen-bond donors (Lipinski definition) is 1. The standard InChI is InChI=1S/C12H9IO/c13-10-5-3-4-9(8-10)11-6-1-2-7-12(11)14/h1-8,14H. The van der Waals surface area contributed by atoms with Crippen molar-refractivity contribution < 1.29 is 5.11 Å². The topological polar surface area (TPSA) is 20.2 Å². The lowest BCUT2D eigenvalue weighted by Gasteiger charge is -2.04. The molecule has 0 bridgehead atoms. The summed E-state index contributed by atoms with van der Waals surface area (Å²) in [5.74, 6) is 0.328. The Labute approximate surface area is 96.5 Å². The monoisotopic (exact) mass is 296 g/mol. The minimum absolute atomic E-state index is 0.328. The van der Waals surface area contributed by atoms with E-state index in [9.17, 15) is 5.11 Å². The number of rotatable bonds is 1. The number of aromatic hydroxyl groups is 1. The molecule has 14 heavy (non-hydrogen) atoms. The maximum Gasteiger partial charge on any atom is 0.123 e. The smallest absolute Gasteiger partial charge is 0.123 e. The Hall–Kier alpha value is -1.03. The van der Waals surface area contributed by atoms with Crippen LogP contribution >= 0.6 is 22.6 Å². The predicted octanol–water partition coefficient (Wildman–Crippen LogP) is 3.66. The Morgan fingerprint density at radius 1 is 0.929 bits per heavy atom. The van der Waals surface area contributed by atoms with Gasteiger partial charge in [-0.05, 0) is 46.4 Å². The summed E-state index contributed by atoms with van der Waals surface area (Å²) in [6.07, 6.45) is 0. The normalized spacial score (nSPS) is 10.1. The highest BCUT2D eigenvalue weighted by Gasteiger charge is 2.02. The second-order valence-corrected chi connectivity index (χ2v) is 4.27. The molecule has 2 aromatic rings. The summed E-state index contributed by atoms with van der Waals surface area (Å²) in [6.45, 7) is 0. The zero-order chi connectivity index (χ0) is 9.97. The fourth-order valence-corrected chi connectivity index (χ4v) is 1.92. The van der Waals surface area contributed by atoms with Crippen molar-refractivity contribution >= 4 is 22.6 Å². The minimum atomic E-state index is 0.328. The van der Waals surface area contributed by atoms with Gasteiger partial charge < -0.3 is 5.11 Å². The molecule has 0 saturated heterocycles. The van der Waals surface area contributed by atoms with Crippen molar-refractivity contribution in [3.63, 3.8) is 0 Å². The van der Waals surface area contributed by atoms with Gasteiger partial charge >= 0.3 is 0 Å².